The predicted octanol–water partition coefficient (Wildman–Crippen LogP) is 1.29. The first-order valence-corrected chi connectivity index (χ1v) is 6.56. The van der Waals surface area contributed by atoms with Crippen LogP contribution >= 0.6 is 0 Å². The van der Waals surface area contributed by atoms with Crippen molar-refractivity contribution in [2.24, 2.45) is 17.6 Å². The van der Waals surface area contributed by atoms with Crippen LogP contribution in [-0.4, -0.2) is 31.2 Å². The van der Waals surface area contributed by atoms with E-state index in [0.29, 0.717) is 25.7 Å². The molecule has 0 saturated carbocycles. The number of hydrogen-bond acceptors (Lipinski definition) is 3. The minimum absolute atomic E-state index is 0.0989. The molecule has 1 amide bonds. The van der Waals surface area contributed by atoms with Gasteiger partial charge >= 0.3 is 0 Å². The lowest BCUT2D eigenvalue weighted by Crippen LogP contribution is -2.54. The minimum Gasteiger partial charge on any atom is -0.381 e. The Bertz CT molecular complexity index is 250. The Morgan fingerprint density at radius 2 is 2.06 bits per heavy atom. The molecule has 0 spiro atoms. The highest BCUT2D eigenvalue weighted by Crippen LogP contribution is 2.19. The second-order valence-corrected chi connectivity index (χ2v) is 5.74. The maximum Gasteiger partial charge on any atom is 0.223 e. The summed E-state index contributed by atoms with van der Waals surface area (Å²) in [4.78, 5) is 12.1. The number of nitrogens with two attached hydrogens (primary N) is 1. The van der Waals surface area contributed by atoms with Crippen LogP contribution in [0.15, 0.2) is 0 Å². The number of nitrogens with one attached hydrogen (secondary N) is 1. The molecule has 1 rings (SSSR count). The van der Waals surface area contributed by atoms with E-state index in [1.807, 2.05) is 6.92 Å². The Kier molecular flexibility index (Phi) is 5.40. The van der Waals surface area contributed by atoms with E-state index < -0.39 is 0 Å². The van der Waals surface area contributed by atoms with Gasteiger partial charge in [-0.25, -0.2) is 0 Å². The molecule has 1 aliphatic heterocycles. The average molecular weight is 242 g/mol. The van der Waals surface area contributed by atoms with Crippen LogP contribution < -0.4 is 11.1 Å². The molecular weight excluding hydrogens is 216 g/mol. The molecular formula is C13H26N2O2. The van der Waals surface area contributed by atoms with E-state index in [1.165, 1.54) is 0 Å². The van der Waals surface area contributed by atoms with Crippen molar-refractivity contribution in [2.45, 2.75) is 45.6 Å². The van der Waals surface area contributed by atoms with Crippen molar-refractivity contribution >= 4 is 5.91 Å². The van der Waals surface area contributed by atoms with Crippen LogP contribution in [-0.2, 0) is 9.53 Å². The summed E-state index contributed by atoms with van der Waals surface area (Å²) in [7, 11) is 0. The van der Waals surface area contributed by atoms with Crippen LogP contribution in [0.25, 0.3) is 0 Å². The lowest BCUT2D eigenvalue weighted by molar-refractivity contribution is -0.129. The van der Waals surface area contributed by atoms with E-state index in [2.05, 4.69) is 19.2 Å². The number of carbonyl (C=O) groups excluding carboxylic acids is 1. The van der Waals surface area contributed by atoms with Gasteiger partial charge in [0.2, 0.25) is 5.91 Å². The minimum atomic E-state index is -0.274. The van der Waals surface area contributed by atoms with Gasteiger partial charge < -0.3 is 15.8 Å². The van der Waals surface area contributed by atoms with Gasteiger partial charge in [-0.15, -0.1) is 0 Å². The number of hydrogen-bond donors (Lipinski definition) is 2. The monoisotopic (exact) mass is 242 g/mol. The second-order valence-electron chi connectivity index (χ2n) is 5.74. The Labute approximate surface area is 104 Å². The molecule has 0 aromatic rings. The molecule has 4 heteroatoms. The zero-order valence-corrected chi connectivity index (χ0v) is 11.3. The summed E-state index contributed by atoms with van der Waals surface area (Å²) in [5.74, 6) is 0.766. The van der Waals surface area contributed by atoms with E-state index in [0.717, 1.165) is 19.3 Å². The fourth-order valence-electron chi connectivity index (χ4n) is 2.45. The van der Waals surface area contributed by atoms with Gasteiger partial charge in [0.15, 0.2) is 0 Å². The first kappa shape index (κ1) is 14.5. The van der Waals surface area contributed by atoms with Crippen LogP contribution in [0, 0.1) is 11.8 Å². The zero-order valence-electron chi connectivity index (χ0n) is 11.3. The van der Waals surface area contributed by atoms with E-state index >= 15 is 0 Å². The van der Waals surface area contributed by atoms with Crippen molar-refractivity contribution in [2.75, 3.05) is 19.8 Å². The molecule has 4 nitrogen and oxygen atoms in total. The SMILES string of the molecule is CC(C)CC(C)(CN)NC(=O)C1CCOCC1. The molecule has 1 saturated heterocycles. The first-order chi connectivity index (χ1) is 7.97. The third-order valence-electron chi connectivity index (χ3n) is 3.33. The maximum atomic E-state index is 12.1. The van der Waals surface area contributed by atoms with Crippen LogP contribution in [0.4, 0.5) is 0 Å². The summed E-state index contributed by atoms with van der Waals surface area (Å²) >= 11 is 0. The molecule has 0 aromatic heterocycles. The molecule has 1 fully saturated rings. The number of ether oxygens (including phenoxy) is 1. The molecule has 3 N–H and O–H groups in total. The van der Waals surface area contributed by atoms with E-state index in [4.69, 9.17) is 10.5 Å². The maximum absolute atomic E-state index is 12.1. The first-order valence-electron chi connectivity index (χ1n) is 6.56. The highest BCUT2D eigenvalue weighted by Gasteiger charge is 2.30. The molecule has 0 bridgehead atoms. The van der Waals surface area contributed by atoms with E-state index in [1.54, 1.807) is 0 Å². The third kappa shape index (κ3) is 4.64. The largest absolute Gasteiger partial charge is 0.381 e. The van der Waals surface area contributed by atoms with Crippen molar-refractivity contribution in [1.82, 2.24) is 5.32 Å². The summed E-state index contributed by atoms with van der Waals surface area (Å²) < 4.78 is 5.27. The summed E-state index contributed by atoms with van der Waals surface area (Å²) in [5.41, 5.74) is 5.52. The standard InChI is InChI=1S/C13H26N2O2/c1-10(2)8-13(3,9-14)15-12(16)11-4-6-17-7-5-11/h10-11H,4-9,14H2,1-3H3,(H,15,16). The molecule has 0 aromatic carbocycles. The third-order valence-corrected chi connectivity index (χ3v) is 3.33. The van der Waals surface area contributed by atoms with Crippen LogP contribution in [0.1, 0.15) is 40.0 Å². The molecule has 1 unspecified atom stereocenters. The van der Waals surface area contributed by atoms with E-state index in [-0.39, 0.29) is 17.4 Å². The lowest BCUT2D eigenvalue weighted by Gasteiger charge is -2.33. The quantitative estimate of drug-likeness (QED) is 0.763. The zero-order chi connectivity index (χ0) is 12.9. The van der Waals surface area contributed by atoms with Gasteiger partial charge in [-0.1, -0.05) is 13.8 Å². The fourth-order valence-corrected chi connectivity index (χ4v) is 2.45. The molecule has 0 radical (unpaired) electrons. The van der Waals surface area contributed by atoms with Gasteiger partial charge in [0, 0.05) is 31.2 Å². The Hall–Kier alpha value is -0.610. The van der Waals surface area contributed by atoms with Gasteiger partial charge in [-0.3, -0.25) is 4.79 Å². The van der Waals surface area contributed by atoms with Crippen molar-refractivity contribution in [3.8, 4) is 0 Å². The van der Waals surface area contributed by atoms with Crippen molar-refractivity contribution in [3.05, 3.63) is 0 Å². The normalized spacial score (nSPS) is 21.2. The summed E-state index contributed by atoms with van der Waals surface area (Å²) in [6.07, 6.45) is 2.57. The Balaban J connectivity index is 2.51. The molecule has 1 heterocycles. The topological polar surface area (TPSA) is 64.3 Å². The predicted molar refractivity (Wildman–Crippen MR) is 68.6 cm³/mol. The Morgan fingerprint density at radius 3 is 2.53 bits per heavy atom. The van der Waals surface area contributed by atoms with Crippen LogP contribution in [0.3, 0.4) is 0 Å². The average Bonchev–Trinajstić information content (AvgIpc) is 2.29. The second kappa shape index (κ2) is 6.36. The highest BCUT2D eigenvalue weighted by atomic mass is 16.5. The van der Waals surface area contributed by atoms with Crippen LogP contribution in [0.5, 0.6) is 0 Å². The van der Waals surface area contributed by atoms with Crippen molar-refractivity contribution in [3.63, 3.8) is 0 Å². The number of carbonyl (C=O) groups is 1. The molecule has 17 heavy (non-hydrogen) atoms. The molecule has 1 aliphatic rings. The molecule has 1 atom stereocenters. The van der Waals surface area contributed by atoms with Crippen molar-refractivity contribution in [1.29, 1.82) is 0 Å². The van der Waals surface area contributed by atoms with Crippen LogP contribution in [0.2, 0.25) is 0 Å². The van der Waals surface area contributed by atoms with Gasteiger partial charge in [-0.05, 0) is 32.1 Å². The summed E-state index contributed by atoms with van der Waals surface area (Å²) in [6, 6.07) is 0. The smallest absolute Gasteiger partial charge is 0.223 e. The van der Waals surface area contributed by atoms with Gasteiger partial charge in [0.25, 0.3) is 0 Å². The van der Waals surface area contributed by atoms with Crippen molar-refractivity contribution < 1.29 is 9.53 Å². The van der Waals surface area contributed by atoms with Gasteiger partial charge in [0.1, 0.15) is 0 Å². The van der Waals surface area contributed by atoms with E-state index in [9.17, 15) is 4.79 Å². The summed E-state index contributed by atoms with van der Waals surface area (Å²) in [5, 5.41) is 3.12. The molecule has 100 valence electrons. The number of amides is 1. The highest BCUT2D eigenvalue weighted by molar-refractivity contribution is 5.79. The lowest BCUT2D eigenvalue weighted by atomic mass is 9.89. The molecule has 0 aliphatic carbocycles. The van der Waals surface area contributed by atoms with Gasteiger partial charge in [-0.2, -0.15) is 0 Å². The Morgan fingerprint density at radius 1 is 1.47 bits per heavy atom. The van der Waals surface area contributed by atoms with Gasteiger partial charge in [0.05, 0.1) is 0 Å². The number of rotatable bonds is 5. The summed E-state index contributed by atoms with van der Waals surface area (Å²) in [6.45, 7) is 8.20. The fraction of sp³-hybridized carbons (Fsp3) is 0.923.